The number of hydrogen-bond acceptors (Lipinski definition) is 6. The third-order valence-corrected chi connectivity index (χ3v) is 6.08. The zero-order valence-electron chi connectivity index (χ0n) is 18.8. The van der Waals surface area contributed by atoms with Crippen LogP contribution in [0, 0.1) is 11.2 Å². The van der Waals surface area contributed by atoms with Crippen molar-refractivity contribution in [3.8, 4) is 17.0 Å². The minimum absolute atomic E-state index is 0.0764. The molecule has 0 spiro atoms. The van der Waals surface area contributed by atoms with Crippen molar-refractivity contribution in [2.24, 2.45) is 0 Å². The van der Waals surface area contributed by atoms with Gasteiger partial charge in [-0.2, -0.15) is 0 Å². The minimum Gasteiger partial charge on any atom is -0.489 e. The van der Waals surface area contributed by atoms with Gasteiger partial charge in [-0.3, -0.25) is 0 Å². The van der Waals surface area contributed by atoms with Crippen LogP contribution in [-0.4, -0.2) is 55.5 Å². The van der Waals surface area contributed by atoms with Gasteiger partial charge in [0.2, 0.25) is 0 Å². The van der Waals surface area contributed by atoms with Gasteiger partial charge in [-0.1, -0.05) is 17.7 Å². The van der Waals surface area contributed by atoms with E-state index in [9.17, 15) is 4.39 Å². The van der Waals surface area contributed by atoms with Crippen LogP contribution in [0.5, 0.6) is 5.75 Å². The highest BCUT2D eigenvalue weighted by Crippen LogP contribution is 2.39. The standard InChI is InChI=1S/C25H28ClFN4O2/c1-3-16(12-19(15-28)33-18-6-9-31(2)10-7-18)20-14-23(21-13-17(26)4-5-22(21)27)30-25-24(20)32-11-8-29-25/h3-5,12-15,18,28H,6-11H2,1-2H3,(H,29,30)/b16-3+,19-12+,28-15?. The molecule has 1 aromatic carbocycles. The van der Waals surface area contributed by atoms with Crippen LogP contribution in [0.15, 0.2) is 42.2 Å². The fourth-order valence-corrected chi connectivity index (χ4v) is 4.21. The van der Waals surface area contributed by atoms with Crippen LogP contribution in [0.2, 0.25) is 5.02 Å². The zero-order valence-corrected chi connectivity index (χ0v) is 19.6. The predicted molar refractivity (Wildman–Crippen MR) is 131 cm³/mol. The van der Waals surface area contributed by atoms with Crippen molar-refractivity contribution in [1.82, 2.24) is 9.88 Å². The van der Waals surface area contributed by atoms with Crippen molar-refractivity contribution in [2.45, 2.75) is 25.9 Å². The zero-order chi connectivity index (χ0) is 23.4. The van der Waals surface area contributed by atoms with E-state index in [2.05, 4.69) is 22.2 Å². The van der Waals surface area contributed by atoms with Crippen LogP contribution in [0.4, 0.5) is 10.2 Å². The van der Waals surface area contributed by atoms with Crippen LogP contribution in [0.1, 0.15) is 25.3 Å². The van der Waals surface area contributed by atoms with Gasteiger partial charge in [0.15, 0.2) is 11.6 Å². The molecule has 1 saturated heterocycles. The number of piperidine rings is 1. The highest BCUT2D eigenvalue weighted by Gasteiger charge is 2.23. The lowest BCUT2D eigenvalue weighted by Gasteiger charge is -2.29. The average molecular weight is 471 g/mol. The molecule has 2 aromatic rings. The molecule has 0 unspecified atom stereocenters. The lowest BCUT2D eigenvalue weighted by atomic mass is 10.00. The number of allylic oxidation sites excluding steroid dienone is 4. The molecular formula is C25H28ClFN4O2. The van der Waals surface area contributed by atoms with Gasteiger partial charge in [-0.15, -0.1) is 0 Å². The molecule has 0 atom stereocenters. The summed E-state index contributed by atoms with van der Waals surface area (Å²) >= 11 is 6.13. The Morgan fingerprint density at radius 1 is 1.33 bits per heavy atom. The number of hydrogen-bond donors (Lipinski definition) is 2. The summed E-state index contributed by atoms with van der Waals surface area (Å²) < 4.78 is 26.7. The maximum atomic E-state index is 14.6. The van der Waals surface area contributed by atoms with E-state index < -0.39 is 5.82 Å². The molecule has 2 aliphatic rings. The quantitative estimate of drug-likeness (QED) is 0.336. The highest BCUT2D eigenvalue weighted by molar-refractivity contribution is 6.30. The van der Waals surface area contributed by atoms with Crippen molar-refractivity contribution in [3.63, 3.8) is 0 Å². The number of benzene rings is 1. The molecule has 1 aromatic heterocycles. The third-order valence-electron chi connectivity index (χ3n) is 5.85. The van der Waals surface area contributed by atoms with E-state index in [0.29, 0.717) is 46.8 Å². The van der Waals surface area contributed by atoms with E-state index in [1.165, 1.54) is 18.3 Å². The lowest BCUT2D eigenvalue weighted by Crippen LogP contribution is -2.34. The van der Waals surface area contributed by atoms with Crippen LogP contribution < -0.4 is 10.1 Å². The van der Waals surface area contributed by atoms with Crippen molar-refractivity contribution < 1.29 is 13.9 Å². The molecule has 6 nitrogen and oxygen atoms in total. The Bertz CT molecular complexity index is 1090. The number of ether oxygens (including phenoxy) is 2. The lowest BCUT2D eigenvalue weighted by molar-refractivity contribution is 0.0683. The van der Waals surface area contributed by atoms with Gasteiger partial charge in [-0.25, -0.2) is 9.37 Å². The number of rotatable bonds is 6. The van der Waals surface area contributed by atoms with E-state index in [0.717, 1.165) is 37.1 Å². The molecule has 174 valence electrons. The second-order valence-electron chi connectivity index (χ2n) is 8.19. The van der Waals surface area contributed by atoms with Gasteiger partial charge in [-0.05, 0) is 62.7 Å². The van der Waals surface area contributed by atoms with E-state index in [-0.39, 0.29) is 6.10 Å². The van der Waals surface area contributed by atoms with Crippen molar-refractivity contribution in [3.05, 3.63) is 58.6 Å². The molecule has 0 saturated carbocycles. The molecule has 8 heteroatoms. The Labute approximate surface area is 198 Å². The summed E-state index contributed by atoms with van der Waals surface area (Å²) in [5.74, 6) is 1.22. The SMILES string of the molecule is C/C=C(\C=C(/C=N)OC1CCN(C)CC1)c1cc(-c2cc(Cl)ccc2F)nc2c1OCCN2. The summed E-state index contributed by atoms with van der Waals surface area (Å²) in [5, 5.41) is 11.6. The molecule has 3 heterocycles. The van der Waals surface area contributed by atoms with Crippen LogP contribution >= 0.6 is 11.6 Å². The number of pyridine rings is 1. The molecule has 2 N–H and O–H groups in total. The minimum atomic E-state index is -0.405. The smallest absolute Gasteiger partial charge is 0.170 e. The number of anilines is 1. The number of nitrogens with zero attached hydrogens (tertiary/aromatic N) is 2. The average Bonchev–Trinajstić information content (AvgIpc) is 2.84. The van der Waals surface area contributed by atoms with Crippen molar-refractivity contribution in [1.29, 1.82) is 5.41 Å². The van der Waals surface area contributed by atoms with Gasteiger partial charge in [0, 0.05) is 29.2 Å². The van der Waals surface area contributed by atoms with E-state index in [4.69, 9.17) is 26.5 Å². The number of fused-ring (bicyclic) bond motifs is 1. The normalized spacial score (nSPS) is 17.7. The third kappa shape index (κ3) is 5.37. The number of likely N-dealkylation sites (tertiary alicyclic amines) is 1. The number of aromatic nitrogens is 1. The van der Waals surface area contributed by atoms with Crippen LogP contribution in [0.25, 0.3) is 16.8 Å². The first-order valence-corrected chi connectivity index (χ1v) is 11.5. The molecule has 0 bridgehead atoms. The maximum Gasteiger partial charge on any atom is 0.170 e. The number of halogens is 2. The first-order valence-electron chi connectivity index (χ1n) is 11.1. The van der Waals surface area contributed by atoms with Crippen molar-refractivity contribution >= 4 is 29.2 Å². The van der Waals surface area contributed by atoms with Gasteiger partial charge in [0.05, 0.1) is 18.5 Å². The summed E-state index contributed by atoms with van der Waals surface area (Å²) in [6.07, 6.45) is 6.90. The summed E-state index contributed by atoms with van der Waals surface area (Å²) in [4.78, 5) is 6.87. The van der Waals surface area contributed by atoms with Crippen LogP contribution in [-0.2, 0) is 4.74 Å². The van der Waals surface area contributed by atoms with Crippen LogP contribution in [0.3, 0.4) is 0 Å². The fourth-order valence-electron chi connectivity index (χ4n) is 4.04. The predicted octanol–water partition coefficient (Wildman–Crippen LogP) is 5.39. The molecule has 1 fully saturated rings. The van der Waals surface area contributed by atoms with E-state index in [1.54, 1.807) is 12.1 Å². The first kappa shape index (κ1) is 23.3. The molecule has 0 amide bonds. The van der Waals surface area contributed by atoms with Gasteiger partial charge in [0.25, 0.3) is 0 Å². The Hall–Kier alpha value is -2.90. The molecule has 2 aliphatic heterocycles. The molecule has 0 aliphatic carbocycles. The second-order valence-corrected chi connectivity index (χ2v) is 8.62. The fraction of sp³-hybridized carbons (Fsp3) is 0.360. The molecular weight excluding hydrogens is 443 g/mol. The van der Waals surface area contributed by atoms with Gasteiger partial charge in [0.1, 0.15) is 24.3 Å². The highest BCUT2D eigenvalue weighted by atomic mass is 35.5. The molecule has 33 heavy (non-hydrogen) atoms. The topological polar surface area (TPSA) is 70.5 Å². The maximum absolute atomic E-state index is 14.6. The molecule has 4 rings (SSSR count). The Balaban J connectivity index is 1.73. The van der Waals surface area contributed by atoms with E-state index in [1.807, 2.05) is 19.1 Å². The first-order chi connectivity index (χ1) is 16.0. The largest absolute Gasteiger partial charge is 0.489 e. The van der Waals surface area contributed by atoms with Gasteiger partial charge < -0.3 is 25.1 Å². The Kier molecular flexibility index (Phi) is 7.30. The number of nitrogens with one attached hydrogen (secondary N) is 2. The van der Waals surface area contributed by atoms with Crippen molar-refractivity contribution in [2.75, 3.05) is 38.6 Å². The second kappa shape index (κ2) is 10.4. The summed E-state index contributed by atoms with van der Waals surface area (Å²) in [5.41, 5.74) is 2.30. The summed E-state index contributed by atoms with van der Waals surface area (Å²) in [6, 6.07) is 6.21. The Morgan fingerprint density at radius 2 is 2.12 bits per heavy atom. The summed E-state index contributed by atoms with van der Waals surface area (Å²) in [7, 11) is 2.10. The Morgan fingerprint density at radius 3 is 2.85 bits per heavy atom. The van der Waals surface area contributed by atoms with E-state index >= 15 is 0 Å². The molecule has 0 radical (unpaired) electrons. The van der Waals surface area contributed by atoms with Gasteiger partial charge >= 0.3 is 0 Å². The summed E-state index contributed by atoms with van der Waals surface area (Å²) in [6.45, 7) is 4.95. The monoisotopic (exact) mass is 470 g/mol.